The molecule has 1 aromatic carbocycles. The fourth-order valence-electron chi connectivity index (χ4n) is 2.26. The molecule has 1 aliphatic rings. The minimum Gasteiger partial charge on any atom is -0.494 e. The zero-order chi connectivity index (χ0) is 12.1. The van der Waals surface area contributed by atoms with Crippen LogP contribution < -0.4 is 10.1 Å². The molecule has 1 N–H and O–H groups in total. The lowest BCUT2D eigenvalue weighted by atomic mass is 10.0. The molecule has 0 radical (unpaired) electrons. The highest BCUT2D eigenvalue weighted by atomic mass is 16.5. The molecule has 0 aromatic heterocycles. The van der Waals surface area contributed by atoms with Gasteiger partial charge in [0.1, 0.15) is 5.75 Å². The fourth-order valence-corrected chi connectivity index (χ4v) is 2.26. The van der Waals surface area contributed by atoms with Gasteiger partial charge in [-0.1, -0.05) is 31.9 Å². The van der Waals surface area contributed by atoms with Crippen molar-refractivity contribution >= 4 is 0 Å². The SMILES string of the molecule is CCNC(CC1CC1)c1cccc(OCC)c1. The maximum Gasteiger partial charge on any atom is 0.119 e. The molecule has 0 bridgehead atoms. The molecule has 1 fully saturated rings. The highest BCUT2D eigenvalue weighted by molar-refractivity contribution is 5.30. The van der Waals surface area contributed by atoms with Crippen LogP contribution in [0.25, 0.3) is 0 Å². The maximum atomic E-state index is 5.57. The minimum absolute atomic E-state index is 0.493. The number of hydrogen-bond donors (Lipinski definition) is 1. The van der Waals surface area contributed by atoms with E-state index < -0.39 is 0 Å². The summed E-state index contributed by atoms with van der Waals surface area (Å²) in [5.41, 5.74) is 1.37. The van der Waals surface area contributed by atoms with E-state index in [0.29, 0.717) is 6.04 Å². The molecule has 94 valence electrons. The van der Waals surface area contributed by atoms with Crippen molar-refractivity contribution in [1.29, 1.82) is 0 Å². The standard InChI is InChI=1S/C15H23NO/c1-3-16-15(10-12-8-9-12)13-6-5-7-14(11-13)17-4-2/h5-7,11-12,15-16H,3-4,8-10H2,1-2H3. The molecular weight excluding hydrogens is 210 g/mol. The van der Waals surface area contributed by atoms with Crippen molar-refractivity contribution in [1.82, 2.24) is 5.32 Å². The Morgan fingerprint density at radius 1 is 1.35 bits per heavy atom. The normalized spacial score (nSPS) is 16.8. The van der Waals surface area contributed by atoms with E-state index in [9.17, 15) is 0 Å². The second-order valence-corrected chi connectivity index (χ2v) is 4.79. The van der Waals surface area contributed by atoms with Crippen LogP contribution in [0, 0.1) is 5.92 Å². The van der Waals surface area contributed by atoms with Gasteiger partial charge in [-0.25, -0.2) is 0 Å². The molecule has 1 saturated carbocycles. The van der Waals surface area contributed by atoms with Gasteiger partial charge in [-0.05, 0) is 43.5 Å². The Hall–Kier alpha value is -1.02. The molecule has 0 heterocycles. The monoisotopic (exact) mass is 233 g/mol. The van der Waals surface area contributed by atoms with Gasteiger partial charge in [0.25, 0.3) is 0 Å². The third-order valence-electron chi connectivity index (χ3n) is 3.29. The van der Waals surface area contributed by atoms with Gasteiger partial charge in [-0.15, -0.1) is 0 Å². The summed E-state index contributed by atoms with van der Waals surface area (Å²) >= 11 is 0. The predicted octanol–water partition coefficient (Wildman–Crippen LogP) is 3.54. The Labute approximate surface area is 104 Å². The summed E-state index contributed by atoms with van der Waals surface area (Å²) in [5, 5.41) is 3.58. The molecule has 1 atom stereocenters. The zero-order valence-corrected chi connectivity index (χ0v) is 10.9. The van der Waals surface area contributed by atoms with Crippen LogP contribution in [0.15, 0.2) is 24.3 Å². The van der Waals surface area contributed by atoms with Crippen LogP contribution in [0.3, 0.4) is 0 Å². The first kappa shape index (κ1) is 12.4. The molecule has 1 aliphatic carbocycles. The van der Waals surface area contributed by atoms with Crippen molar-refractivity contribution in [3.8, 4) is 5.75 Å². The van der Waals surface area contributed by atoms with Gasteiger partial charge in [0.05, 0.1) is 6.61 Å². The van der Waals surface area contributed by atoms with Crippen LogP contribution >= 0.6 is 0 Å². The predicted molar refractivity (Wildman–Crippen MR) is 71.4 cm³/mol. The van der Waals surface area contributed by atoms with Crippen LogP contribution in [0.1, 0.15) is 44.7 Å². The molecule has 0 saturated heterocycles. The first-order chi connectivity index (χ1) is 8.33. The Morgan fingerprint density at radius 2 is 2.18 bits per heavy atom. The van der Waals surface area contributed by atoms with Crippen LogP contribution in [-0.2, 0) is 0 Å². The Bertz CT molecular complexity index is 347. The first-order valence-electron chi connectivity index (χ1n) is 6.79. The van der Waals surface area contributed by atoms with E-state index in [4.69, 9.17) is 4.74 Å². The highest BCUT2D eigenvalue weighted by Gasteiger charge is 2.25. The summed E-state index contributed by atoms with van der Waals surface area (Å²) < 4.78 is 5.57. The van der Waals surface area contributed by atoms with Crippen LogP contribution in [0.5, 0.6) is 5.75 Å². The summed E-state index contributed by atoms with van der Waals surface area (Å²) in [6.45, 7) is 5.96. The van der Waals surface area contributed by atoms with Crippen molar-refractivity contribution in [3.63, 3.8) is 0 Å². The second-order valence-electron chi connectivity index (χ2n) is 4.79. The smallest absolute Gasteiger partial charge is 0.119 e. The third kappa shape index (κ3) is 3.74. The summed E-state index contributed by atoms with van der Waals surface area (Å²) in [7, 11) is 0. The quantitative estimate of drug-likeness (QED) is 0.778. The molecule has 1 unspecified atom stereocenters. The molecule has 2 nitrogen and oxygen atoms in total. The molecule has 17 heavy (non-hydrogen) atoms. The summed E-state index contributed by atoms with van der Waals surface area (Å²) in [4.78, 5) is 0. The Kier molecular flexibility index (Phi) is 4.43. The molecule has 0 spiro atoms. The lowest BCUT2D eigenvalue weighted by Gasteiger charge is -2.19. The molecule has 2 heteroatoms. The number of ether oxygens (including phenoxy) is 1. The van der Waals surface area contributed by atoms with Crippen LogP contribution in [-0.4, -0.2) is 13.2 Å². The lowest BCUT2D eigenvalue weighted by molar-refractivity contribution is 0.339. The molecule has 0 aliphatic heterocycles. The highest BCUT2D eigenvalue weighted by Crippen LogP contribution is 2.38. The van der Waals surface area contributed by atoms with Crippen molar-refractivity contribution in [2.75, 3.05) is 13.2 Å². The number of hydrogen-bond acceptors (Lipinski definition) is 2. The topological polar surface area (TPSA) is 21.3 Å². The van der Waals surface area contributed by atoms with Gasteiger partial charge in [0, 0.05) is 6.04 Å². The van der Waals surface area contributed by atoms with E-state index >= 15 is 0 Å². The Balaban J connectivity index is 2.06. The van der Waals surface area contributed by atoms with E-state index in [0.717, 1.165) is 24.8 Å². The molecule has 2 rings (SSSR count). The van der Waals surface area contributed by atoms with Gasteiger partial charge in [-0.3, -0.25) is 0 Å². The Morgan fingerprint density at radius 3 is 2.82 bits per heavy atom. The minimum atomic E-state index is 0.493. The number of nitrogens with one attached hydrogen (secondary N) is 1. The number of rotatable bonds is 7. The van der Waals surface area contributed by atoms with E-state index in [1.807, 2.05) is 13.0 Å². The molecule has 0 amide bonds. The largest absolute Gasteiger partial charge is 0.494 e. The van der Waals surface area contributed by atoms with E-state index in [2.05, 4.69) is 30.4 Å². The second kappa shape index (κ2) is 6.06. The zero-order valence-electron chi connectivity index (χ0n) is 10.9. The van der Waals surface area contributed by atoms with Gasteiger partial charge in [0.15, 0.2) is 0 Å². The van der Waals surface area contributed by atoms with Gasteiger partial charge in [0.2, 0.25) is 0 Å². The summed E-state index contributed by atoms with van der Waals surface area (Å²) in [6, 6.07) is 9.01. The van der Waals surface area contributed by atoms with Crippen molar-refractivity contribution < 1.29 is 4.74 Å². The molecule has 1 aromatic rings. The van der Waals surface area contributed by atoms with Gasteiger partial charge >= 0.3 is 0 Å². The van der Waals surface area contributed by atoms with Crippen molar-refractivity contribution in [2.24, 2.45) is 5.92 Å². The summed E-state index contributed by atoms with van der Waals surface area (Å²) in [6.07, 6.45) is 4.09. The van der Waals surface area contributed by atoms with Gasteiger partial charge < -0.3 is 10.1 Å². The average Bonchev–Trinajstić information content (AvgIpc) is 3.13. The van der Waals surface area contributed by atoms with Crippen LogP contribution in [0.4, 0.5) is 0 Å². The van der Waals surface area contributed by atoms with E-state index in [-0.39, 0.29) is 0 Å². The number of benzene rings is 1. The average molecular weight is 233 g/mol. The van der Waals surface area contributed by atoms with E-state index in [1.54, 1.807) is 0 Å². The summed E-state index contributed by atoms with van der Waals surface area (Å²) in [5.74, 6) is 1.93. The van der Waals surface area contributed by atoms with Crippen LogP contribution in [0.2, 0.25) is 0 Å². The molecular formula is C15H23NO. The lowest BCUT2D eigenvalue weighted by Crippen LogP contribution is -2.21. The van der Waals surface area contributed by atoms with Crippen molar-refractivity contribution in [3.05, 3.63) is 29.8 Å². The maximum absolute atomic E-state index is 5.57. The fraction of sp³-hybridized carbons (Fsp3) is 0.600. The van der Waals surface area contributed by atoms with Crippen molar-refractivity contribution in [2.45, 2.75) is 39.2 Å². The van der Waals surface area contributed by atoms with E-state index in [1.165, 1.54) is 24.8 Å². The third-order valence-corrected chi connectivity index (χ3v) is 3.29. The first-order valence-corrected chi connectivity index (χ1v) is 6.79. The van der Waals surface area contributed by atoms with Gasteiger partial charge in [-0.2, -0.15) is 0 Å².